The SMILES string of the molecule is CC(C)(C)c1ccnc(-c2ccc3c(c2)B2c4cc(-c5nc6ccccc6n5-c5ccccc5)ccc4N(Cc4ccccc4)c4cccc(c42)N3Cc2ccccc2)c1.CC(C)(C)c1ccnc(-c2ccc3c(c2)B2c4cc(-c5nc6ccccc6n5-c5ccccc5)ccc4Nc4cccc(c42)N3)c1. The number of anilines is 8. The lowest BCUT2D eigenvalue weighted by atomic mass is 9.33. The van der Waals surface area contributed by atoms with Gasteiger partial charge in [-0.15, -0.1) is 0 Å². The molecule has 508 valence electrons. The zero-order chi connectivity index (χ0) is 71.4. The largest absolute Gasteiger partial charge is 0.356 e. The Balaban J connectivity index is 0.000000150. The van der Waals surface area contributed by atoms with E-state index in [-0.39, 0.29) is 24.3 Å². The average Bonchev–Trinajstić information content (AvgIpc) is 0.774. The number of benzene rings is 12. The van der Waals surface area contributed by atoms with Crippen LogP contribution in [0.3, 0.4) is 0 Å². The monoisotopic (exact) mass is 1370 g/mol. The highest BCUT2D eigenvalue weighted by atomic mass is 15.2. The van der Waals surface area contributed by atoms with Gasteiger partial charge in [0.1, 0.15) is 11.6 Å². The van der Waals surface area contributed by atoms with E-state index in [1.807, 2.05) is 12.4 Å². The van der Waals surface area contributed by atoms with Crippen molar-refractivity contribution in [3.05, 3.63) is 338 Å². The molecule has 20 rings (SSSR count). The molecule has 0 fully saturated rings. The van der Waals surface area contributed by atoms with Gasteiger partial charge in [-0.3, -0.25) is 19.1 Å². The van der Waals surface area contributed by atoms with Crippen molar-refractivity contribution in [1.82, 2.24) is 29.1 Å². The van der Waals surface area contributed by atoms with E-state index in [0.717, 1.165) is 115 Å². The van der Waals surface area contributed by atoms with Gasteiger partial charge >= 0.3 is 0 Å². The number of fused-ring (bicyclic) bond motifs is 10. The van der Waals surface area contributed by atoms with Crippen molar-refractivity contribution >= 4 is 114 Å². The van der Waals surface area contributed by atoms with Gasteiger partial charge in [0.05, 0.1) is 33.5 Å². The van der Waals surface area contributed by atoms with Crippen LogP contribution in [0.15, 0.2) is 316 Å². The van der Waals surface area contributed by atoms with Crippen LogP contribution in [0, 0.1) is 0 Å². The maximum atomic E-state index is 5.34. The smallest absolute Gasteiger partial charge is 0.252 e. The van der Waals surface area contributed by atoms with E-state index in [1.165, 1.54) is 77.8 Å². The number of hydrogen-bond donors (Lipinski definition) is 2. The molecular formula is C94H76B2N10. The third-order valence-electron chi connectivity index (χ3n) is 21.7. The summed E-state index contributed by atoms with van der Waals surface area (Å²) >= 11 is 0. The van der Waals surface area contributed by atoms with Crippen molar-refractivity contribution in [2.24, 2.45) is 0 Å². The molecule has 12 heteroatoms. The first kappa shape index (κ1) is 64.1. The lowest BCUT2D eigenvalue weighted by Gasteiger charge is -2.44. The van der Waals surface area contributed by atoms with Crippen LogP contribution < -0.4 is 53.2 Å². The molecule has 0 spiro atoms. The predicted octanol–water partition coefficient (Wildman–Crippen LogP) is 18.6. The van der Waals surface area contributed by atoms with E-state index in [2.05, 4.69) is 374 Å². The Kier molecular flexibility index (Phi) is 15.5. The second-order valence-electron chi connectivity index (χ2n) is 30.4. The molecule has 0 amide bonds. The average molecular weight is 1370 g/mol. The van der Waals surface area contributed by atoms with E-state index >= 15 is 0 Å². The first-order valence-corrected chi connectivity index (χ1v) is 36.8. The quantitative estimate of drug-likeness (QED) is 0.131. The Hall–Kier alpha value is -12.8. The number of nitrogens with one attached hydrogen (secondary N) is 2. The fourth-order valence-electron chi connectivity index (χ4n) is 16.5. The normalized spacial score (nSPS) is 13.0. The number of imidazole rings is 2. The predicted molar refractivity (Wildman–Crippen MR) is 443 cm³/mol. The second kappa shape index (κ2) is 25.6. The van der Waals surface area contributed by atoms with Crippen LogP contribution in [0.4, 0.5) is 45.5 Å². The van der Waals surface area contributed by atoms with Crippen molar-refractivity contribution in [1.29, 1.82) is 0 Å². The number of para-hydroxylation sites is 6. The molecule has 4 aliphatic rings. The molecule has 4 aliphatic heterocycles. The zero-order valence-corrected chi connectivity index (χ0v) is 60.2. The van der Waals surface area contributed by atoms with Crippen molar-refractivity contribution in [3.8, 4) is 56.7 Å². The number of rotatable bonds is 10. The summed E-state index contributed by atoms with van der Waals surface area (Å²) in [6, 6.07) is 109. The van der Waals surface area contributed by atoms with Crippen molar-refractivity contribution in [3.63, 3.8) is 0 Å². The summed E-state index contributed by atoms with van der Waals surface area (Å²) < 4.78 is 4.58. The number of pyridine rings is 2. The first-order chi connectivity index (χ1) is 51.8. The zero-order valence-electron chi connectivity index (χ0n) is 60.2. The molecule has 0 saturated heterocycles. The summed E-state index contributed by atoms with van der Waals surface area (Å²) in [4.78, 5) is 25.4. The van der Waals surface area contributed by atoms with E-state index in [0.29, 0.717) is 0 Å². The van der Waals surface area contributed by atoms with Gasteiger partial charge in [0.15, 0.2) is 0 Å². The molecule has 12 aromatic carbocycles. The minimum atomic E-state index is -0.0412. The number of hydrogen-bond acceptors (Lipinski definition) is 8. The Morgan fingerprint density at radius 3 is 1.19 bits per heavy atom. The summed E-state index contributed by atoms with van der Waals surface area (Å²) in [6.07, 6.45) is 3.90. The molecule has 0 saturated carbocycles. The Morgan fingerprint density at radius 1 is 0.321 bits per heavy atom. The summed E-state index contributed by atoms with van der Waals surface area (Å²) in [5.41, 5.74) is 34.9. The maximum Gasteiger partial charge on any atom is 0.252 e. The van der Waals surface area contributed by atoms with Crippen LogP contribution in [-0.2, 0) is 23.9 Å². The third-order valence-corrected chi connectivity index (χ3v) is 21.7. The molecule has 2 N–H and O–H groups in total. The van der Waals surface area contributed by atoms with E-state index in [4.69, 9.17) is 19.9 Å². The standard InChI is InChI=1S/C54H44BN5.C40H32BN5/c1-54(2,3)41-30-31-56-46(34-41)39-26-28-47-43(32-39)55-44-33-40(53-57-45-22-13-14-23-49(45)60(53)42-20-11-6-12-21-42)27-29-48(44)59(36-38-18-9-5-10-19-38)51-25-15-24-50(52(51)55)58(47)35-37-16-7-4-8-17-37;1-40(2,3)27-20-21-42-36(24-27)25-16-18-31-29(22-25)41-30-23-26(17-19-32(30)44-35-14-9-13-34(43-31)38(35)41)39-45-33-12-7-8-15-37(33)46(39)28-10-5-4-6-11-28/h4-34H,35-36H2,1-3H3;4-24,43-44H,1-3H3. The summed E-state index contributed by atoms with van der Waals surface area (Å²) in [5, 5.41) is 7.50. The molecule has 0 atom stereocenters. The molecule has 4 aromatic heterocycles. The minimum Gasteiger partial charge on any atom is -0.356 e. The molecule has 0 unspecified atom stereocenters. The third kappa shape index (κ3) is 11.2. The van der Waals surface area contributed by atoms with Gasteiger partial charge < -0.3 is 20.4 Å². The molecule has 8 heterocycles. The van der Waals surface area contributed by atoms with Crippen molar-refractivity contribution < 1.29 is 0 Å². The highest BCUT2D eigenvalue weighted by Crippen LogP contribution is 2.43. The topological polar surface area (TPSA) is 92.0 Å². The molecule has 10 nitrogen and oxygen atoms in total. The Labute approximate surface area is 619 Å². The fourth-order valence-corrected chi connectivity index (χ4v) is 16.5. The summed E-state index contributed by atoms with van der Waals surface area (Å²) in [6.45, 7) is 15.0. The van der Waals surface area contributed by atoms with Gasteiger partial charge in [-0.25, -0.2) is 9.97 Å². The first-order valence-electron chi connectivity index (χ1n) is 36.8. The molecular weight excluding hydrogens is 1290 g/mol. The van der Waals surface area contributed by atoms with Gasteiger partial charge in [-0.2, -0.15) is 0 Å². The number of nitrogens with zero attached hydrogens (tertiary/aromatic N) is 8. The van der Waals surface area contributed by atoms with Crippen LogP contribution in [0.5, 0.6) is 0 Å². The highest BCUT2D eigenvalue weighted by Gasteiger charge is 2.44. The van der Waals surface area contributed by atoms with Crippen molar-refractivity contribution in [2.75, 3.05) is 20.4 Å². The van der Waals surface area contributed by atoms with Crippen LogP contribution in [-0.4, -0.2) is 42.5 Å². The van der Waals surface area contributed by atoms with E-state index in [9.17, 15) is 0 Å². The van der Waals surface area contributed by atoms with Gasteiger partial charge in [0, 0.05) is 93.5 Å². The van der Waals surface area contributed by atoms with Crippen LogP contribution >= 0.6 is 0 Å². The van der Waals surface area contributed by atoms with Crippen LogP contribution in [0.2, 0.25) is 0 Å². The molecule has 16 aromatic rings. The molecule has 106 heavy (non-hydrogen) atoms. The molecule has 0 aliphatic carbocycles. The van der Waals surface area contributed by atoms with Gasteiger partial charge in [-0.05, 0) is 210 Å². The lowest BCUT2D eigenvalue weighted by Crippen LogP contribution is -2.62. The minimum absolute atomic E-state index is 0.00337. The summed E-state index contributed by atoms with van der Waals surface area (Å²) in [5.74, 6) is 1.86. The summed E-state index contributed by atoms with van der Waals surface area (Å²) in [7, 11) is 0. The van der Waals surface area contributed by atoms with Crippen LogP contribution in [0.1, 0.15) is 63.8 Å². The van der Waals surface area contributed by atoms with Crippen molar-refractivity contribution in [2.45, 2.75) is 65.5 Å². The second-order valence-corrected chi connectivity index (χ2v) is 30.4. The molecule has 0 radical (unpaired) electrons. The van der Waals surface area contributed by atoms with E-state index in [1.54, 1.807) is 0 Å². The van der Waals surface area contributed by atoms with E-state index < -0.39 is 0 Å². The lowest BCUT2D eigenvalue weighted by molar-refractivity contribution is 0.589. The maximum absolute atomic E-state index is 5.34. The van der Waals surface area contributed by atoms with Gasteiger partial charge in [0.25, 0.3) is 13.4 Å². The number of aromatic nitrogens is 6. The van der Waals surface area contributed by atoms with Gasteiger partial charge in [-0.1, -0.05) is 211 Å². The molecule has 0 bridgehead atoms. The van der Waals surface area contributed by atoms with Gasteiger partial charge in [0.2, 0.25) is 0 Å². The Bertz CT molecular complexity index is 6070. The van der Waals surface area contributed by atoms with Crippen LogP contribution in [0.25, 0.3) is 78.7 Å². The highest BCUT2D eigenvalue weighted by molar-refractivity contribution is 7.01. The Morgan fingerprint density at radius 2 is 0.708 bits per heavy atom. The fraction of sp³-hybridized carbons (Fsp3) is 0.106.